The highest BCUT2D eigenvalue weighted by molar-refractivity contribution is 7.19. The number of H-pyrrole nitrogens is 1. The predicted molar refractivity (Wildman–Crippen MR) is 81.5 cm³/mol. The van der Waals surface area contributed by atoms with E-state index in [2.05, 4.69) is 18.8 Å². The standard InChI is InChI=1S/C15H12ClNOS/c1-8-3-4-10-11(7-18)15(17-14(10)9(8)2)12-5-6-13(16)19-12/h3-7,17H,1-2H3. The first-order chi connectivity index (χ1) is 9.11. The number of carbonyl (C=O) groups excluding carboxylic acids is 1. The van der Waals surface area contributed by atoms with Gasteiger partial charge >= 0.3 is 0 Å². The number of nitrogens with one attached hydrogen (secondary N) is 1. The molecule has 0 fully saturated rings. The first-order valence-electron chi connectivity index (χ1n) is 5.94. The Bertz CT molecular complexity index is 785. The van der Waals surface area contributed by atoms with Crippen LogP contribution in [0, 0.1) is 13.8 Å². The molecule has 0 unspecified atom stereocenters. The molecule has 1 aromatic carbocycles. The first kappa shape index (κ1) is 12.5. The second kappa shape index (κ2) is 4.51. The minimum absolute atomic E-state index is 0.705. The molecule has 4 heteroatoms. The van der Waals surface area contributed by atoms with Crippen LogP contribution >= 0.6 is 22.9 Å². The SMILES string of the molecule is Cc1ccc2c(C=O)c(-c3ccc(Cl)s3)[nH]c2c1C. The second-order valence-electron chi connectivity index (χ2n) is 4.57. The summed E-state index contributed by atoms with van der Waals surface area (Å²) in [7, 11) is 0. The molecule has 3 aromatic rings. The Kier molecular flexibility index (Phi) is 2.96. The van der Waals surface area contributed by atoms with E-state index < -0.39 is 0 Å². The molecule has 0 atom stereocenters. The van der Waals surface area contributed by atoms with Crippen LogP contribution in [-0.2, 0) is 0 Å². The van der Waals surface area contributed by atoms with Crippen molar-refractivity contribution in [2.75, 3.05) is 0 Å². The van der Waals surface area contributed by atoms with Crippen molar-refractivity contribution >= 4 is 40.1 Å². The van der Waals surface area contributed by atoms with Gasteiger partial charge in [0.25, 0.3) is 0 Å². The van der Waals surface area contributed by atoms with Crippen LogP contribution in [0.15, 0.2) is 24.3 Å². The van der Waals surface area contributed by atoms with Crippen LogP contribution in [0.25, 0.3) is 21.5 Å². The topological polar surface area (TPSA) is 32.9 Å². The van der Waals surface area contributed by atoms with Crippen molar-refractivity contribution in [2.45, 2.75) is 13.8 Å². The molecule has 3 rings (SSSR count). The van der Waals surface area contributed by atoms with E-state index >= 15 is 0 Å². The van der Waals surface area contributed by atoms with Crippen molar-refractivity contribution in [2.24, 2.45) is 0 Å². The Balaban J connectivity index is 2.37. The van der Waals surface area contributed by atoms with Crippen molar-refractivity contribution < 1.29 is 4.79 Å². The number of halogens is 1. The maximum absolute atomic E-state index is 11.4. The molecule has 0 aliphatic carbocycles. The summed E-state index contributed by atoms with van der Waals surface area (Å²) in [6.07, 6.45) is 0.913. The fraction of sp³-hybridized carbons (Fsp3) is 0.133. The van der Waals surface area contributed by atoms with Gasteiger partial charge in [0.1, 0.15) is 0 Å². The van der Waals surface area contributed by atoms with E-state index in [9.17, 15) is 4.79 Å². The zero-order chi connectivity index (χ0) is 13.6. The molecule has 2 nitrogen and oxygen atoms in total. The number of aldehydes is 1. The molecule has 96 valence electrons. The average Bonchev–Trinajstić information content (AvgIpc) is 2.97. The largest absolute Gasteiger partial charge is 0.353 e. The molecule has 0 amide bonds. The van der Waals surface area contributed by atoms with Gasteiger partial charge in [0.05, 0.1) is 14.9 Å². The van der Waals surface area contributed by atoms with Gasteiger partial charge in [0, 0.05) is 16.5 Å². The third-order valence-corrected chi connectivity index (χ3v) is 4.73. The quantitative estimate of drug-likeness (QED) is 0.663. The number of benzene rings is 1. The number of hydrogen-bond acceptors (Lipinski definition) is 2. The molecule has 1 N–H and O–H groups in total. The summed E-state index contributed by atoms with van der Waals surface area (Å²) < 4.78 is 0.721. The van der Waals surface area contributed by atoms with E-state index in [1.807, 2.05) is 24.3 Å². The van der Waals surface area contributed by atoms with Crippen molar-refractivity contribution in [3.8, 4) is 10.6 Å². The molecule has 0 spiro atoms. The Morgan fingerprint density at radius 1 is 1.21 bits per heavy atom. The molecule has 2 aromatic heterocycles. The number of fused-ring (bicyclic) bond motifs is 1. The summed E-state index contributed by atoms with van der Waals surface area (Å²) in [5, 5.41) is 0.970. The van der Waals surface area contributed by atoms with E-state index in [1.165, 1.54) is 22.5 Å². The number of aromatic amines is 1. The smallest absolute Gasteiger partial charge is 0.152 e. The zero-order valence-corrected chi connectivity index (χ0v) is 12.2. The Morgan fingerprint density at radius 2 is 2.00 bits per heavy atom. The second-order valence-corrected chi connectivity index (χ2v) is 6.28. The molecular weight excluding hydrogens is 278 g/mol. The van der Waals surface area contributed by atoms with Crippen molar-refractivity contribution in [1.29, 1.82) is 0 Å². The van der Waals surface area contributed by atoms with Gasteiger partial charge in [-0.05, 0) is 37.1 Å². The van der Waals surface area contributed by atoms with Crippen molar-refractivity contribution in [3.05, 3.63) is 45.3 Å². The van der Waals surface area contributed by atoms with Gasteiger partial charge in [-0.1, -0.05) is 23.7 Å². The highest BCUT2D eigenvalue weighted by atomic mass is 35.5. The van der Waals surface area contributed by atoms with Gasteiger partial charge in [-0.2, -0.15) is 0 Å². The number of hydrogen-bond donors (Lipinski definition) is 1. The van der Waals surface area contributed by atoms with Crippen LogP contribution in [0.5, 0.6) is 0 Å². The Morgan fingerprint density at radius 3 is 2.63 bits per heavy atom. The lowest BCUT2D eigenvalue weighted by atomic mass is 10.0. The molecule has 0 aliphatic heterocycles. The van der Waals surface area contributed by atoms with Crippen molar-refractivity contribution in [1.82, 2.24) is 4.98 Å². The summed E-state index contributed by atoms with van der Waals surface area (Å²) in [6.45, 7) is 4.13. The predicted octanol–water partition coefficient (Wildman–Crippen LogP) is 4.98. The number of aryl methyl sites for hydroxylation is 2. The third-order valence-electron chi connectivity index (χ3n) is 3.48. The lowest BCUT2D eigenvalue weighted by Gasteiger charge is -2.00. The lowest BCUT2D eigenvalue weighted by molar-refractivity contribution is 0.112. The van der Waals surface area contributed by atoms with Crippen molar-refractivity contribution in [3.63, 3.8) is 0 Å². The molecular formula is C15H12ClNOS. The molecule has 0 radical (unpaired) electrons. The summed E-state index contributed by atoms with van der Waals surface area (Å²) >= 11 is 7.45. The van der Waals surface area contributed by atoms with E-state index in [4.69, 9.17) is 11.6 Å². The van der Waals surface area contributed by atoms with Crippen LogP contribution in [0.4, 0.5) is 0 Å². The van der Waals surface area contributed by atoms with Gasteiger partial charge < -0.3 is 4.98 Å². The zero-order valence-electron chi connectivity index (χ0n) is 10.6. The minimum atomic E-state index is 0.705. The number of thiophene rings is 1. The highest BCUT2D eigenvalue weighted by Gasteiger charge is 2.15. The maximum atomic E-state index is 11.4. The lowest BCUT2D eigenvalue weighted by Crippen LogP contribution is -1.82. The number of rotatable bonds is 2. The minimum Gasteiger partial charge on any atom is -0.353 e. The number of aromatic nitrogens is 1. The maximum Gasteiger partial charge on any atom is 0.152 e. The monoisotopic (exact) mass is 289 g/mol. The Labute approximate surface area is 120 Å². The Hall–Kier alpha value is -1.58. The molecule has 0 aliphatic rings. The number of carbonyl (C=O) groups is 1. The first-order valence-corrected chi connectivity index (χ1v) is 7.14. The van der Waals surface area contributed by atoms with Gasteiger partial charge in [-0.25, -0.2) is 0 Å². The molecule has 0 bridgehead atoms. The van der Waals surface area contributed by atoms with Crippen LogP contribution in [-0.4, -0.2) is 11.3 Å². The van der Waals surface area contributed by atoms with E-state index in [-0.39, 0.29) is 0 Å². The van der Waals surface area contributed by atoms with Crippen LogP contribution in [0.3, 0.4) is 0 Å². The van der Waals surface area contributed by atoms with E-state index in [1.54, 1.807) is 0 Å². The highest BCUT2D eigenvalue weighted by Crippen LogP contribution is 2.36. The normalized spacial score (nSPS) is 11.1. The van der Waals surface area contributed by atoms with E-state index in [0.29, 0.717) is 5.56 Å². The molecule has 19 heavy (non-hydrogen) atoms. The summed E-state index contributed by atoms with van der Waals surface area (Å²) in [5.41, 5.74) is 4.98. The van der Waals surface area contributed by atoms with Gasteiger partial charge in [0.15, 0.2) is 6.29 Å². The van der Waals surface area contributed by atoms with Crippen LogP contribution in [0.2, 0.25) is 4.34 Å². The van der Waals surface area contributed by atoms with Crippen LogP contribution in [0.1, 0.15) is 21.5 Å². The van der Waals surface area contributed by atoms with Crippen LogP contribution < -0.4 is 0 Å². The fourth-order valence-electron chi connectivity index (χ4n) is 2.29. The molecule has 0 saturated carbocycles. The molecule has 2 heterocycles. The third kappa shape index (κ3) is 1.90. The fourth-order valence-corrected chi connectivity index (χ4v) is 3.35. The van der Waals surface area contributed by atoms with Gasteiger partial charge in [-0.3, -0.25) is 4.79 Å². The molecule has 0 saturated heterocycles. The average molecular weight is 290 g/mol. The summed E-state index contributed by atoms with van der Waals surface area (Å²) in [6, 6.07) is 7.83. The van der Waals surface area contributed by atoms with Gasteiger partial charge in [0.2, 0.25) is 0 Å². The summed E-state index contributed by atoms with van der Waals surface area (Å²) in [5.74, 6) is 0. The summed E-state index contributed by atoms with van der Waals surface area (Å²) in [4.78, 5) is 15.8. The van der Waals surface area contributed by atoms with Gasteiger partial charge in [-0.15, -0.1) is 11.3 Å². The van der Waals surface area contributed by atoms with E-state index in [0.717, 1.165) is 32.1 Å².